The van der Waals surface area contributed by atoms with E-state index in [0.29, 0.717) is 0 Å². The molecule has 0 radical (unpaired) electrons. The number of hydrogen-bond donors (Lipinski definition) is 2. The Bertz CT molecular complexity index is 631. The highest BCUT2D eigenvalue weighted by molar-refractivity contribution is 9.10. The van der Waals surface area contributed by atoms with Crippen molar-refractivity contribution in [3.8, 4) is 0 Å². The van der Waals surface area contributed by atoms with Crippen LogP contribution in [0, 0.1) is 5.82 Å². The van der Waals surface area contributed by atoms with Crippen LogP contribution in [0.3, 0.4) is 0 Å². The molecule has 0 aromatic heterocycles. The average molecular weight is 366 g/mol. The van der Waals surface area contributed by atoms with Gasteiger partial charge in [0.25, 0.3) is 5.91 Å². The number of amides is 1. The summed E-state index contributed by atoms with van der Waals surface area (Å²) in [6.45, 7) is 2.33. The van der Waals surface area contributed by atoms with Crippen molar-refractivity contribution in [2.75, 3.05) is 11.9 Å². The Hall–Kier alpha value is -1.72. The van der Waals surface area contributed by atoms with E-state index in [4.69, 9.17) is 0 Å². The molecule has 1 amide bonds. The van der Waals surface area contributed by atoms with E-state index < -0.39 is 5.82 Å². The molecule has 2 aromatic rings. The summed E-state index contributed by atoms with van der Waals surface area (Å²) in [5.41, 5.74) is 1.39. The number of anilines is 1. The lowest BCUT2D eigenvalue weighted by atomic mass is 10.0. The molecule has 0 heterocycles. The summed E-state index contributed by atoms with van der Waals surface area (Å²) in [5, 5.41) is 4.57. The number of carbonyl (C=O) groups excluding carboxylic acids is 1. The molecular formula is C17H19BrFN2O+. The van der Waals surface area contributed by atoms with Crippen LogP contribution in [0.4, 0.5) is 10.1 Å². The maximum atomic E-state index is 13.5. The molecule has 1 atom stereocenters. The van der Waals surface area contributed by atoms with Gasteiger partial charge in [-0.3, -0.25) is 4.79 Å². The first-order valence-corrected chi connectivity index (χ1v) is 8.02. The van der Waals surface area contributed by atoms with E-state index in [1.807, 2.05) is 29.6 Å². The van der Waals surface area contributed by atoms with Crippen molar-refractivity contribution in [1.29, 1.82) is 0 Å². The molecule has 0 spiro atoms. The third-order valence-corrected chi connectivity index (χ3v) is 4.00. The Morgan fingerprint density at radius 2 is 1.91 bits per heavy atom. The topological polar surface area (TPSA) is 45.7 Å². The molecule has 0 saturated heterocycles. The van der Waals surface area contributed by atoms with Gasteiger partial charge in [-0.05, 0) is 24.3 Å². The van der Waals surface area contributed by atoms with Crippen LogP contribution in [0.25, 0.3) is 0 Å². The number of benzene rings is 2. The second-order valence-corrected chi connectivity index (χ2v) is 5.95. The van der Waals surface area contributed by atoms with Gasteiger partial charge in [0.1, 0.15) is 11.9 Å². The van der Waals surface area contributed by atoms with Crippen LogP contribution in [0.5, 0.6) is 0 Å². The molecule has 5 heteroatoms. The van der Waals surface area contributed by atoms with Gasteiger partial charge >= 0.3 is 0 Å². The summed E-state index contributed by atoms with van der Waals surface area (Å²) in [7, 11) is 0. The molecule has 3 nitrogen and oxygen atoms in total. The van der Waals surface area contributed by atoms with Crippen molar-refractivity contribution in [2.45, 2.75) is 19.4 Å². The maximum absolute atomic E-state index is 13.5. The smallest absolute Gasteiger partial charge is 0.279 e. The summed E-state index contributed by atoms with van der Waals surface area (Å²) < 4.78 is 14.5. The summed E-state index contributed by atoms with van der Waals surface area (Å²) >= 11 is 3.41. The molecule has 0 unspecified atom stereocenters. The van der Waals surface area contributed by atoms with Crippen molar-refractivity contribution >= 4 is 27.5 Å². The van der Waals surface area contributed by atoms with Gasteiger partial charge in [-0.1, -0.05) is 47.1 Å². The van der Waals surface area contributed by atoms with E-state index in [-0.39, 0.29) is 24.2 Å². The molecule has 22 heavy (non-hydrogen) atoms. The van der Waals surface area contributed by atoms with E-state index in [1.165, 1.54) is 11.6 Å². The van der Waals surface area contributed by atoms with Crippen LogP contribution in [0.2, 0.25) is 0 Å². The van der Waals surface area contributed by atoms with Crippen LogP contribution >= 0.6 is 15.9 Å². The first-order valence-electron chi connectivity index (χ1n) is 7.23. The Morgan fingerprint density at radius 3 is 2.55 bits per heavy atom. The minimum atomic E-state index is -0.421. The second kappa shape index (κ2) is 8.06. The number of nitrogens with one attached hydrogen (secondary N) is 1. The Kier molecular flexibility index (Phi) is 6.10. The van der Waals surface area contributed by atoms with Gasteiger partial charge in [0.2, 0.25) is 0 Å². The monoisotopic (exact) mass is 365 g/mol. The number of hydrogen-bond acceptors (Lipinski definition) is 1. The lowest BCUT2D eigenvalue weighted by Gasteiger charge is -2.14. The summed E-state index contributed by atoms with van der Waals surface area (Å²) in [4.78, 5) is 12.0. The zero-order valence-corrected chi connectivity index (χ0v) is 13.9. The predicted octanol–water partition coefficient (Wildman–Crippen LogP) is 3.24. The highest BCUT2D eigenvalue weighted by atomic mass is 79.9. The first-order chi connectivity index (χ1) is 10.6. The zero-order chi connectivity index (χ0) is 15.9. The number of halogens is 2. The van der Waals surface area contributed by atoms with Gasteiger partial charge in [-0.15, -0.1) is 0 Å². The lowest BCUT2D eigenvalue weighted by Crippen LogP contribution is -2.87. The van der Waals surface area contributed by atoms with Crippen molar-refractivity contribution < 1.29 is 14.5 Å². The fourth-order valence-electron chi connectivity index (χ4n) is 2.26. The zero-order valence-electron chi connectivity index (χ0n) is 12.4. The average Bonchev–Trinajstić information content (AvgIpc) is 2.52. The Labute approximate surface area is 138 Å². The number of carbonyl (C=O) groups is 1. The second-order valence-electron chi connectivity index (χ2n) is 5.03. The van der Waals surface area contributed by atoms with Crippen LogP contribution < -0.4 is 10.6 Å². The molecule has 0 aliphatic rings. The molecule has 2 rings (SSSR count). The number of para-hydroxylation sites is 1. The quantitative estimate of drug-likeness (QED) is 0.810. The maximum Gasteiger partial charge on any atom is 0.279 e. The van der Waals surface area contributed by atoms with Crippen molar-refractivity contribution in [3.05, 3.63) is 64.4 Å². The molecule has 3 N–H and O–H groups in total. The molecule has 0 saturated carbocycles. The Morgan fingerprint density at radius 1 is 1.23 bits per heavy atom. The fourth-order valence-corrected chi connectivity index (χ4v) is 2.53. The van der Waals surface area contributed by atoms with Gasteiger partial charge in [0, 0.05) is 16.5 Å². The highest BCUT2D eigenvalue weighted by Crippen LogP contribution is 2.16. The molecular weight excluding hydrogens is 347 g/mol. The summed E-state index contributed by atoms with van der Waals surface area (Å²) in [6, 6.07) is 14.5. The fraction of sp³-hybridized carbons (Fsp3) is 0.235. The Balaban J connectivity index is 1.91. The van der Waals surface area contributed by atoms with Crippen molar-refractivity contribution in [1.82, 2.24) is 0 Å². The van der Waals surface area contributed by atoms with E-state index in [0.717, 1.165) is 10.9 Å². The number of quaternary nitrogens is 1. The van der Waals surface area contributed by atoms with Gasteiger partial charge < -0.3 is 10.6 Å². The summed E-state index contributed by atoms with van der Waals surface area (Å²) in [6.07, 6.45) is 0.911. The van der Waals surface area contributed by atoms with E-state index in [1.54, 1.807) is 18.2 Å². The predicted molar refractivity (Wildman–Crippen MR) is 89.0 cm³/mol. The molecule has 116 valence electrons. The SMILES string of the molecule is CC[C@@H]([NH2+]CC(=O)Nc1ccccc1F)c1ccc(Br)cc1. The van der Waals surface area contributed by atoms with E-state index >= 15 is 0 Å². The molecule has 0 fully saturated rings. The normalized spacial score (nSPS) is 12.0. The van der Waals surface area contributed by atoms with Crippen LogP contribution in [-0.4, -0.2) is 12.5 Å². The molecule has 2 aromatic carbocycles. The molecule has 0 bridgehead atoms. The van der Waals surface area contributed by atoms with Crippen LogP contribution in [-0.2, 0) is 4.79 Å². The van der Waals surface area contributed by atoms with Crippen LogP contribution in [0.1, 0.15) is 24.9 Å². The van der Waals surface area contributed by atoms with Gasteiger partial charge in [-0.2, -0.15) is 0 Å². The van der Waals surface area contributed by atoms with Crippen molar-refractivity contribution in [2.24, 2.45) is 0 Å². The third kappa shape index (κ3) is 4.64. The number of rotatable bonds is 6. The molecule has 0 aliphatic heterocycles. The largest absolute Gasteiger partial charge is 0.332 e. The van der Waals surface area contributed by atoms with Gasteiger partial charge in [0.15, 0.2) is 6.54 Å². The standard InChI is InChI=1S/C17H18BrFN2O/c1-2-15(12-7-9-13(18)10-8-12)20-11-17(22)21-16-6-4-3-5-14(16)19/h3-10,15,20H,2,11H2,1H3,(H,21,22)/p+1/t15-/m1/s1. The minimum absolute atomic E-state index is 0.208. The van der Waals surface area contributed by atoms with E-state index in [9.17, 15) is 9.18 Å². The minimum Gasteiger partial charge on any atom is -0.332 e. The van der Waals surface area contributed by atoms with Gasteiger partial charge in [0.05, 0.1) is 5.69 Å². The lowest BCUT2D eigenvalue weighted by molar-refractivity contribution is -0.686. The first kappa shape index (κ1) is 16.6. The van der Waals surface area contributed by atoms with Crippen LogP contribution in [0.15, 0.2) is 53.0 Å². The van der Waals surface area contributed by atoms with E-state index in [2.05, 4.69) is 28.2 Å². The van der Waals surface area contributed by atoms with Crippen molar-refractivity contribution in [3.63, 3.8) is 0 Å². The summed E-state index contributed by atoms with van der Waals surface area (Å²) in [5.74, 6) is -0.628. The van der Waals surface area contributed by atoms with Gasteiger partial charge in [-0.25, -0.2) is 4.39 Å². The highest BCUT2D eigenvalue weighted by Gasteiger charge is 2.15. The molecule has 0 aliphatic carbocycles. The third-order valence-electron chi connectivity index (χ3n) is 3.47. The number of nitrogens with two attached hydrogens (primary N) is 1.